The van der Waals surface area contributed by atoms with Gasteiger partial charge in [-0.1, -0.05) is 30.3 Å². The Morgan fingerprint density at radius 2 is 1.73 bits per heavy atom. The Balaban J connectivity index is 1.69. The molecule has 0 bridgehead atoms. The highest BCUT2D eigenvalue weighted by atomic mass is 19.1. The van der Waals surface area contributed by atoms with Crippen LogP contribution in [0.5, 0.6) is 11.5 Å². The fourth-order valence-corrected chi connectivity index (χ4v) is 4.65. The van der Waals surface area contributed by atoms with E-state index in [-0.39, 0.29) is 25.3 Å². The number of halogens is 1. The molecule has 0 aliphatic carbocycles. The summed E-state index contributed by atoms with van der Waals surface area (Å²) in [7, 11) is 4.62. The Morgan fingerprint density at radius 1 is 0.975 bits per heavy atom. The lowest BCUT2D eigenvalue weighted by molar-refractivity contribution is -0.133. The first-order valence-corrected chi connectivity index (χ1v) is 13.0. The van der Waals surface area contributed by atoms with E-state index in [1.54, 1.807) is 26.4 Å². The first kappa shape index (κ1) is 28.8. The van der Waals surface area contributed by atoms with Crippen LogP contribution in [-0.2, 0) is 9.53 Å². The number of hydrazone groups is 1. The Hall–Kier alpha value is -4.24. The van der Waals surface area contributed by atoms with Crippen molar-refractivity contribution in [2.45, 2.75) is 26.3 Å². The van der Waals surface area contributed by atoms with Crippen LogP contribution in [0.3, 0.4) is 0 Å². The molecule has 1 aliphatic rings. The molecule has 0 saturated heterocycles. The van der Waals surface area contributed by atoms with Gasteiger partial charge in [0.05, 0.1) is 38.1 Å². The van der Waals surface area contributed by atoms with Crippen LogP contribution in [-0.4, -0.2) is 68.5 Å². The molecule has 0 fully saturated rings. The van der Waals surface area contributed by atoms with E-state index in [2.05, 4.69) is 6.07 Å². The number of ether oxygens (including phenoxy) is 3. The van der Waals surface area contributed by atoms with E-state index in [0.29, 0.717) is 17.9 Å². The average molecular weight is 548 g/mol. The van der Waals surface area contributed by atoms with Gasteiger partial charge >= 0.3 is 0 Å². The van der Waals surface area contributed by atoms with Crippen LogP contribution >= 0.6 is 0 Å². The number of rotatable bonds is 10. The van der Waals surface area contributed by atoms with Gasteiger partial charge in [0.15, 0.2) is 11.5 Å². The van der Waals surface area contributed by atoms with Gasteiger partial charge in [-0.2, -0.15) is 5.10 Å². The summed E-state index contributed by atoms with van der Waals surface area (Å²) in [4.78, 5) is 28.4. The van der Waals surface area contributed by atoms with Crippen LogP contribution in [0.15, 0.2) is 65.8 Å². The van der Waals surface area contributed by atoms with Gasteiger partial charge in [0.25, 0.3) is 11.8 Å². The van der Waals surface area contributed by atoms with Crippen molar-refractivity contribution in [3.05, 3.63) is 94.3 Å². The zero-order chi connectivity index (χ0) is 28.8. The molecule has 0 unspecified atom stereocenters. The Bertz CT molecular complexity index is 1420. The van der Waals surface area contributed by atoms with E-state index in [1.165, 1.54) is 35.2 Å². The number of carbonyl (C=O) groups is 2. The highest BCUT2D eigenvalue weighted by Gasteiger charge is 2.35. The molecule has 1 aliphatic heterocycles. The smallest absolute Gasteiger partial charge is 0.262 e. The summed E-state index contributed by atoms with van der Waals surface area (Å²) in [6.45, 7) is 4.07. The molecule has 4 rings (SSSR count). The second-order valence-electron chi connectivity index (χ2n) is 9.62. The Kier molecular flexibility index (Phi) is 9.16. The lowest BCUT2D eigenvalue weighted by Crippen LogP contribution is -2.43. The van der Waals surface area contributed by atoms with Gasteiger partial charge in [-0.15, -0.1) is 0 Å². The van der Waals surface area contributed by atoms with E-state index < -0.39 is 23.7 Å². The van der Waals surface area contributed by atoms with Crippen LogP contribution < -0.4 is 9.47 Å². The summed E-state index contributed by atoms with van der Waals surface area (Å²) in [5.41, 5.74) is 4.64. The molecule has 0 radical (unpaired) electrons. The zero-order valence-corrected chi connectivity index (χ0v) is 23.4. The zero-order valence-electron chi connectivity index (χ0n) is 23.4. The van der Waals surface area contributed by atoms with E-state index in [1.807, 2.05) is 38.1 Å². The van der Waals surface area contributed by atoms with Crippen LogP contribution in [0.1, 0.15) is 45.1 Å². The van der Waals surface area contributed by atoms with Gasteiger partial charge in [0, 0.05) is 20.1 Å². The average Bonchev–Trinajstić information content (AvgIpc) is 3.42. The topological polar surface area (TPSA) is 80.7 Å². The number of carbonyl (C=O) groups excluding carboxylic acids is 2. The monoisotopic (exact) mass is 547 g/mol. The molecule has 1 heterocycles. The Labute approximate surface area is 233 Å². The maximum atomic E-state index is 14.5. The van der Waals surface area contributed by atoms with Crippen molar-refractivity contribution in [1.82, 2.24) is 9.91 Å². The van der Waals surface area contributed by atoms with E-state index >= 15 is 0 Å². The predicted octanol–water partition coefficient (Wildman–Crippen LogP) is 4.93. The lowest BCUT2D eigenvalue weighted by atomic mass is 9.96. The van der Waals surface area contributed by atoms with Gasteiger partial charge in [-0.25, -0.2) is 9.40 Å². The molecule has 0 aromatic heterocycles. The first-order chi connectivity index (χ1) is 19.3. The van der Waals surface area contributed by atoms with Crippen molar-refractivity contribution in [1.29, 1.82) is 0 Å². The van der Waals surface area contributed by atoms with Crippen molar-refractivity contribution in [2.24, 2.45) is 5.10 Å². The number of hydrogen-bond acceptors (Lipinski definition) is 6. The van der Waals surface area contributed by atoms with Crippen molar-refractivity contribution in [3.63, 3.8) is 0 Å². The largest absolute Gasteiger partial charge is 0.493 e. The van der Waals surface area contributed by atoms with E-state index in [9.17, 15) is 14.0 Å². The van der Waals surface area contributed by atoms with Crippen molar-refractivity contribution >= 4 is 17.5 Å². The molecule has 0 N–H and O–H groups in total. The number of amides is 2. The third kappa shape index (κ3) is 6.15. The van der Waals surface area contributed by atoms with Gasteiger partial charge in [-0.3, -0.25) is 9.59 Å². The summed E-state index contributed by atoms with van der Waals surface area (Å²) >= 11 is 0. The Morgan fingerprint density at radius 3 is 2.40 bits per heavy atom. The molecular formula is C31H34FN3O5. The van der Waals surface area contributed by atoms with Gasteiger partial charge in [0.2, 0.25) is 0 Å². The quantitative estimate of drug-likeness (QED) is 0.360. The van der Waals surface area contributed by atoms with Gasteiger partial charge in [0.1, 0.15) is 12.4 Å². The number of benzene rings is 3. The van der Waals surface area contributed by atoms with Crippen LogP contribution in [0.4, 0.5) is 4.39 Å². The first-order valence-electron chi connectivity index (χ1n) is 13.0. The van der Waals surface area contributed by atoms with Crippen LogP contribution in [0.25, 0.3) is 0 Å². The maximum absolute atomic E-state index is 14.5. The molecule has 0 saturated carbocycles. The second-order valence-corrected chi connectivity index (χ2v) is 9.62. The summed E-state index contributed by atoms with van der Waals surface area (Å²) in [5, 5.41) is 6.17. The van der Waals surface area contributed by atoms with Crippen LogP contribution in [0.2, 0.25) is 0 Å². The third-order valence-corrected chi connectivity index (χ3v) is 7.08. The summed E-state index contributed by atoms with van der Waals surface area (Å²) < 4.78 is 30.5. The minimum absolute atomic E-state index is 0.108. The molecule has 3 aromatic rings. The minimum Gasteiger partial charge on any atom is -0.493 e. The fraction of sp³-hybridized carbons (Fsp3) is 0.323. The molecule has 2 amide bonds. The number of hydrogen-bond donors (Lipinski definition) is 0. The molecular weight excluding hydrogens is 513 g/mol. The van der Waals surface area contributed by atoms with Crippen molar-refractivity contribution < 1.29 is 28.2 Å². The number of aryl methyl sites for hydroxylation is 2. The highest BCUT2D eigenvalue weighted by molar-refractivity contribution is 6.04. The summed E-state index contributed by atoms with van der Waals surface area (Å²) in [6.07, 6.45) is 0.461. The van der Waals surface area contributed by atoms with Gasteiger partial charge < -0.3 is 19.1 Å². The third-order valence-electron chi connectivity index (χ3n) is 7.08. The maximum Gasteiger partial charge on any atom is 0.262 e. The predicted molar refractivity (Wildman–Crippen MR) is 150 cm³/mol. The normalized spacial score (nSPS) is 14.6. The standard InChI is InChI=1S/C31H34FN3O5/c1-20-10-11-22(16-21(20)2)26-18-27(23-12-13-28(39-4)29(17-23)40-5)35(33-26)30(36)19-34(14-15-38-3)31(37)24-8-6-7-9-25(24)32/h6-13,16-17,27H,14-15,18-19H2,1-5H3/t27-/m0/s1. The van der Waals surface area contributed by atoms with E-state index in [0.717, 1.165) is 28.0 Å². The summed E-state index contributed by atoms with van der Waals surface area (Å²) in [6, 6.07) is 16.8. The fourth-order valence-electron chi connectivity index (χ4n) is 4.65. The van der Waals surface area contributed by atoms with E-state index in [4.69, 9.17) is 19.3 Å². The molecule has 1 atom stereocenters. The SMILES string of the molecule is COCCN(CC(=O)N1N=C(c2ccc(C)c(C)c2)C[C@H]1c1ccc(OC)c(OC)c1)C(=O)c1ccccc1F. The summed E-state index contributed by atoms with van der Waals surface area (Å²) in [5.74, 6) is -0.549. The minimum atomic E-state index is -0.651. The highest BCUT2D eigenvalue weighted by Crippen LogP contribution is 2.37. The molecule has 210 valence electrons. The van der Waals surface area contributed by atoms with Gasteiger partial charge in [-0.05, 0) is 66.4 Å². The van der Waals surface area contributed by atoms with Crippen LogP contribution in [0, 0.1) is 19.7 Å². The molecule has 40 heavy (non-hydrogen) atoms. The number of nitrogens with zero attached hydrogens (tertiary/aromatic N) is 3. The van der Waals surface area contributed by atoms with Crippen molar-refractivity contribution in [3.8, 4) is 11.5 Å². The molecule has 0 spiro atoms. The van der Waals surface area contributed by atoms with Crippen molar-refractivity contribution in [2.75, 3.05) is 41.0 Å². The molecule has 9 heteroatoms. The molecule has 8 nitrogen and oxygen atoms in total. The number of methoxy groups -OCH3 is 3. The second kappa shape index (κ2) is 12.7. The lowest BCUT2D eigenvalue weighted by Gasteiger charge is -2.27. The molecule has 3 aromatic carbocycles.